The van der Waals surface area contributed by atoms with Gasteiger partial charge >= 0.3 is 0 Å². The first-order valence-electron chi connectivity index (χ1n) is 10.1. The van der Waals surface area contributed by atoms with Crippen LogP contribution in [0, 0.1) is 6.92 Å². The molecule has 0 atom stereocenters. The topological polar surface area (TPSA) is 53.5 Å². The first-order chi connectivity index (χ1) is 14.2. The molecule has 2 aromatic carbocycles. The van der Waals surface area contributed by atoms with Crippen LogP contribution in [0.3, 0.4) is 0 Å². The third-order valence-electron chi connectivity index (χ3n) is 5.03. The molecule has 1 aromatic heterocycles. The maximum atomic E-state index is 5.50. The van der Waals surface area contributed by atoms with E-state index < -0.39 is 0 Å². The summed E-state index contributed by atoms with van der Waals surface area (Å²) in [5.74, 6) is 1.47. The van der Waals surface area contributed by atoms with Gasteiger partial charge in [-0.2, -0.15) is 4.98 Å². The molecule has 2 heterocycles. The molecule has 0 saturated carbocycles. The standard InChI is InChI=1S/C23H27N5O/c1-3-28(19-8-6-7-18(2)17-19)23-24-12-11-22(26-23)25-20-9-4-5-10-21(20)27-13-15-29-16-14-27/h4-12,17H,3,13-16H2,1-2H3,(H,24,25,26). The minimum atomic E-state index is 0.687. The lowest BCUT2D eigenvalue weighted by atomic mass is 10.2. The van der Waals surface area contributed by atoms with Gasteiger partial charge in [0.15, 0.2) is 0 Å². The molecular formula is C23H27N5O. The lowest BCUT2D eigenvalue weighted by Crippen LogP contribution is -2.36. The molecule has 0 unspecified atom stereocenters. The Morgan fingerprint density at radius 3 is 2.69 bits per heavy atom. The third kappa shape index (κ3) is 4.49. The highest BCUT2D eigenvalue weighted by Gasteiger charge is 2.16. The van der Waals surface area contributed by atoms with E-state index in [-0.39, 0.29) is 0 Å². The van der Waals surface area contributed by atoms with E-state index in [2.05, 4.69) is 76.4 Å². The second-order valence-electron chi connectivity index (χ2n) is 7.07. The molecule has 0 bridgehead atoms. The number of hydrogen-bond donors (Lipinski definition) is 1. The van der Waals surface area contributed by atoms with Gasteiger partial charge in [0, 0.05) is 31.5 Å². The number of morpholine rings is 1. The van der Waals surface area contributed by atoms with E-state index in [1.165, 1.54) is 11.3 Å². The number of aromatic nitrogens is 2. The molecule has 0 amide bonds. The van der Waals surface area contributed by atoms with Crippen molar-refractivity contribution in [1.29, 1.82) is 0 Å². The molecule has 6 heteroatoms. The van der Waals surface area contributed by atoms with Crippen molar-refractivity contribution in [1.82, 2.24) is 9.97 Å². The Labute approximate surface area is 172 Å². The molecule has 1 aliphatic heterocycles. The van der Waals surface area contributed by atoms with E-state index in [9.17, 15) is 0 Å². The van der Waals surface area contributed by atoms with Crippen LogP contribution in [0.1, 0.15) is 12.5 Å². The predicted octanol–water partition coefficient (Wildman–Crippen LogP) is 4.52. The average molecular weight is 390 g/mol. The van der Waals surface area contributed by atoms with Crippen molar-refractivity contribution in [3.63, 3.8) is 0 Å². The van der Waals surface area contributed by atoms with Gasteiger partial charge in [0.1, 0.15) is 5.82 Å². The van der Waals surface area contributed by atoms with Crippen LogP contribution in [0.15, 0.2) is 60.8 Å². The first-order valence-corrected chi connectivity index (χ1v) is 10.1. The number of anilines is 5. The summed E-state index contributed by atoms with van der Waals surface area (Å²) in [5.41, 5.74) is 4.52. The Hall–Kier alpha value is -3.12. The highest BCUT2D eigenvalue weighted by molar-refractivity contribution is 5.74. The first kappa shape index (κ1) is 19.2. The van der Waals surface area contributed by atoms with Crippen LogP contribution in [0.25, 0.3) is 0 Å². The summed E-state index contributed by atoms with van der Waals surface area (Å²) in [6.07, 6.45) is 1.81. The van der Waals surface area contributed by atoms with E-state index in [4.69, 9.17) is 9.72 Å². The number of ether oxygens (including phenoxy) is 1. The number of benzene rings is 2. The van der Waals surface area contributed by atoms with Gasteiger partial charge in [-0.3, -0.25) is 0 Å². The summed E-state index contributed by atoms with van der Waals surface area (Å²) in [5, 5.41) is 3.49. The Bertz CT molecular complexity index is 955. The summed E-state index contributed by atoms with van der Waals surface area (Å²) < 4.78 is 5.50. The largest absolute Gasteiger partial charge is 0.378 e. The number of nitrogens with one attached hydrogen (secondary N) is 1. The zero-order valence-corrected chi connectivity index (χ0v) is 17.0. The van der Waals surface area contributed by atoms with E-state index in [1.54, 1.807) is 6.20 Å². The van der Waals surface area contributed by atoms with E-state index in [1.807, 2.05) is 12.1 Å². The highest BCUT2D eigenvalue weighted by Crippen LogP contribution is 2.30. The second kappa shape index (κ2) is 8.92. The van der Waals surface area contributed by atoms with Gasteiger partial charge in [0.2, 0.25) is 5.95 Å². The molecule has 29 heavy (non-hydrogen) atoms. The Morgan fingerprint density at radius 2 is 1.90 bits per heavy atom. The van der Waals surface area contributed by atoms with Crippen LogP contribution in [-0.4, -0.2) is 42.8 Å². The van der Waals surface area contributed by atoms with E-state index in [0.717, 1.165) is 50.0 Å². The van der Waals surface area contributed by atoms with Crippen molar-refractivity contribution in [2.75, 3.05) is 48.0 Å². The van der Waals surface area contributed by atoms with Crippen LogP contribution in [-0.2, 0) is 4.74 Å². The predicted molar refractivity (Wildman–Crippen MR) is 119 cm³/mol. The number of aryl methyl sites for hydroxylation is 1. The van der Waals surface area contributed by atoms with Crippen molar-refractivity contribution >= 4 is 28.8 Å². The molecule has 1 saturated heterocycles. The monoisotopic (exact) mass is 389 g/mol. The smallest absolute Gasteiger partial charge is 0.231 e. The molecule has 3 aromatic rings. The fraction of sp³-hybridized carbons (Fsp3) is 0.304. The van der Waals surface area contributed by atoms with Crippen molar-refractivity contribution in [2.24, 2.45) is 0 Å². The van der Waals surface area contributed by atoms with Crippen molar-refractivity contribution in [3.8, 4) is 0 Å². The van der Waals surface area contributed by atoms with Gasteiger partial charge in [0.05, 0.1) is 24.6 Å². The number of nitrogens with zero attached hydrogens (tertiary/aromatic N) is 4. The van der Waals surface area contributed by atoms with Crippen molar-refractivity contribution in [3.05, 3.63) is 66.4 Å². The van der Waals surface area contributed by atoms with Crippen LogP contribution < -0.4 is 15.1 Å². The Morgan fingerprint density at radius 1 is 1.07 bits per heavy atom. The molecular weight excluding hydrogens is 362 g/mol. The molecule has 1 fully saturated rings. The van der Waals surface area contributed by atoms with Gasteiger partial charge in [-0.25, -0.2) is 4.98 Å². The number of rotatable bonds is 6. The van der Waals surface area contributed by atoms with Gasteiger partial charge < -0.3 is 19.9 Å². The molecule has 0 spiro atoms. The minimum Gasteiger partial charge on any atom is -0.378 e. The normalized spacial score (nSPS) is 13.9. The van der Waals surface area contributed by atoms with Gasteiger partial charge in [-0.15, -0.1) is 0 Å². The SMILES string of the molecule is CCN(c1cccc(C)c1)c1nccc(Nc2ccccc2N2CCOCC2)n1. The molecule has 150 valence electrons. The third-order valence-corrected chi connectivity index (χ3v) is 5.03. The zero-order valence-electron chi connectivity index (χ0n) is 17.0. The number of para-hydroxylation sites is 2. The molecule has 6 nitrogen and oxygen atoms in total. The molecule has 1 N–H and O–H groups in total. The summed E-state index contributed by atoms with van der Waals surface area (Å²) in [4.78, 5) is 13.8. The summed E-state index contributed by atoms with van der Waals surface area (Å²) in [6.45, 7) is 8.30. The highest BCUT2D eigenvalue weighted by atomic mass is 16.5. The maximum absolute atomic E-state index is 5.50. The fourth-order valence-corrected chi connectivity index (χ4v) is 3.58. The van der Waals surface area contributed by atoms with Gasteiger partial charge in [-0.1, -0.05) is 24.3 Å². The lowest BCUT2D eigenvalue weighted by molar-refractivity contribution is 0.123. The van der Waals surface area contributed by atoms with E-state index in [0.29, 0.717) is 5.95 Å². The average Bonchev–Trinajstić information content (AvgIpc) is 2.76. The minimum absolute atomic E-state index is 0.687. The summed E-state index contributed by atoms with van der Waals surface area (Å²) in [6, 6.07) is 18.6. The number of hydrogen-bond acceptors (Lipinski definition) is 6. The molecule has 1 aliphatic rings. The lowest BCUT2D eigenvalue weighted by Gasteiger charge is -2.30. The Balaban J connectivity index is 1.60. The van der Waals surface area contributed by atoms with Gasteiger partial charge in [-0.05, 0) is 49.7 Å². The van der Waals surface area contributed by atoms with Gasteiger partial charge in [0.25, 0.3) is 0 Å². The van der Waals surface area contributed by atoms with Crippen molar-refractivity contribution < 1.29 is 4.74 Å². The zero-order chi connectivity index (χ0) is 20.1. The maximum Gasteiger partial charge on any atom is 0.231 e. The molecule has 0 radical (unpaired) electrons. The summed E-state index contributed by atoms with van der Waals surface area (Å²) >= 11 is 0. The van der Waals surface area contributed by atoms with E-state index >= 15 is 0 Å². The van der Waals surface area contributed by atoms with Crippen LogP contribution in [0.5, 0.6) is 0 Å². The quantitative estimate of drug-likeness (QED) is 0.669. The van der Waals surface area contributed by atoms with Crippen LogP contribution in [0.4, 0.5) is 28.8 Å². The fourth-order valence-electron chi connectivity index (χ4n) is 3.58. The van der Waals surface area contributed by atoms with Crippen LogP contribution in [0.2, 0.25) is 0 Å². The molecule has 4 rings (SSSR count). The summed E-state index contributed by atoms with van der Waals surface area (Å²) in [7, 11) is 0. The van der Waals surface area contributed by atoms with Crippen LogP contribution >= 0.6 is 0 Å². The Kier molecular flexibility index (Phi) is 5.91. The molecule has 0 aliphatic carbocycles. The second-order valence-corrected chi connectivity index (χ2v) is 7.07. The van der Waals surface area contributed by atoms with Crippen molar-refractivity contribution in [2.45, 2.75) is 13.8 Å².